The first-order chi connectivity index (χ1) is 8.95. The molecule has 0 saturated carbocycles. The van der Waals surface area contributed by atoms with Crippen LogP contribution in [0.1, 0.15) is 39.5 Å². The topological polar surface area (TPSA) is 27.7 Å². The van der Waals surface area contributed by atoms with Gasteiger partial charge in [-0.05, 0) is 25.9 Å². The average Bonchev–Trinajstić information content (AvgIpc) is 2.41. The molecular formula is C14H30O3Si2. The van der Waals surface area contributed by atoms with E-state index in [1.165, 1.54) is 12.8 Å². The third-order valence-electron chi connectivity index (χ3n) is 2.88. The maximum absolute atomic E-state index is 6.20. The highest BCUT2D eigenvalue weighted by atomic mass is 28.5. The predicted molar refractivity (Wildman–Crippen MR) is 86.4 cm³/mol. The van der Waals surface area contributed by atoms with Gasteiger partial charge >= 0.3 is 17.1 Å². The van der Waals surface area contributed by atoms with E-state index in [9.17, 15) is 0 Å². The smallest absolute Gasteiger partial charge is 0.352 e. The zero-order chi connectivity index (χ0) is 14.8. The molecule has 0 aromatic rings. The molecule has 0 heterocycles. The van der Waals surface area contributed by atoms with Gasteiger partial charge in [0, 0.05) is 13.2 Å². The van der Waals surface area contributed by atoms with Gasteiger partial charge in [0.15, 0.2) is 0 Å². The van der Waals surface area contributed by atoms with E-state index >= 15 is 0 Å². The molecule has 0 N–H and O–H groups in total. The summed E-state index contributed by atoms with van der Waals surface area (Å²) in [7, 11) is -4.69. The Hall–Kier alpha value is -0.206. The van der Waals surface area contributed by atoms with Crippen LogP contribution in [0.5, 0.6) is 0 Å². The van der Waals surface area contributed by atoms with Crippen molar-refractivity contribution in [1.82, 2.24) is 0 Å². The van der Waals surface area contributed by atoms with Gasteiger partial charge in [0.05, 0.1) is 0 Å². The van der Waals surface area contributed by atoms with Crippen LogP contribution in [0, 0.1) is 0 Å². The van der Waals surface area contributed by atoms with Crippen LogP contribution in [0.4, 0.5) is 0 Å². The molecule has 0 saturated heterocycles. The molecule has 0 aliphatic carbocycles. The molecule has 3 nitrogen and oxygen atoms in total. The standard InChI is InChI=1S/C14H30O3Si2/c1-7-11-12-14-16-19(6,10-4)17-18(5,9-3)15-13-8-2/h9-10H,3-4,7-8,11-14H2,1-2,5-6H3. The van der Waals surface area contributed by atoms with E-state index in [0.29, 0.717) is 6.61 Å². The van der Waals surface area contributed by atoms with Crippen molar-refractivity contribution in [3.05, 3.63) is 24.6 Å². The van der Waals surface area contributed by atoms with Crippen LogP contribution in [0.3, 0.4) is 0 Å². The Morgan fingerprint density at radius 1 is 0.842 bits per heavy atom. The van der Waals surface area contributed by atoms with Crippen LogP contribution in [-0.2, 0) is 13.0 Å². The molecule has 0 rings (SSSR count). The van der Waals surface area contributed by atoms with E-state index < -0.39 is 17.1 Å². The lowest BCUT2D eigenvalue weighted by atomic mass is 10.3. The lowest BCUT2D eigenvalue weighted by molar-refractivity contribution is 0.200. The number of rotatable bonds is 12. The summed E-state index contributed by atoms with van der Waals surface area (Å²) in [4.78, 5) is 0. The van der Waals surface area contributed by atoms with Crippen LogP contribution in [0.15, 0.2) is 24.6 Å². The van der Waals surface area contributed by atoms with Crippen molar-refractivity contribution in [1.29, 1.82) is 0 Å². The van der Waals surface area contributed by atoms with Crippen LogP contribution in [-0.4, -0.2) is 30.3 Å². The maximum Gasteiger partial charge on any atom is 0.352 e. The summed E-state index contributed by atoms with van der Waals surface area (Å²) in [6.45, 7) is 17.5. The summed E-state index contributed by atoms with van der Waals surface area (Å²) in [5.74, 6) is 0. The summed E-state index contributed by atoms with van der Waals surface area (Å²) < 4.78 is 18.0. The quantitative estimate of drug-likeness (QED) is 0.399. The first-order valence-electron chi connectivity index (χ1n) is 7.20. The van der Waals surface area contributed by atoms with Crippen molar-refractivity contribution in [2.24, 2.45) is 0 Å². The number of hydrogen-bond donors (Lipinski definition) is 0. The Morgan fingerprint density at radius 2 is 1.37 bits per heavy atom. The first kappa shape index (κ1) is 18.8. The maximum atomic E-state index is 6.20. The minimum absolute atomic E-state index is 0.701. The lowest BCUT2D eigenvalue weighted by Crippen LogP contribution is -2.50. The number of hydrogen-bond acceptors (Lipinski definition) is 3. The molecule has 0 aromatic carbocycles. The molecule has 0 aromatic heterocycles. The molecule has 0 aliphatic rings. The summed E-state index contributed by atoms with van der Waals surface area (Å²) in [5, 5.41) is 0. The number of unbranched alkanes of at least 4 members (excludes halogenated alkanes) is 2. The molecule has 0 bridgehead atoms. The first-order valence-corrected chi connectivity index (χ1v) is 12.0. The van der Waals surface area contributed by atoms with Crippen molar-refractivity contribution < 1.29 is 13.0 Å². The van der Waals surface area contributed by atoms with Crippen molar-refractivity contribution in [3.8, 4) is 0 Å². The van der Waals surface area contributed by atoms with Crippen molar-refractivity contribution in [2.75, 3.05) is 13.2 Å². The highest BCUT2D eigenvalue weighted by Gasteiger charge is 2.39. The molecule has 0 amide bonds. The van der Waals surface area contributed by atoms with Gasteiger partial charge in [0.25, 0.3) is 0 Å². The summed E-state index contributed by atoms with van der Waals surface area (Å²) in [6.07, 6.45) is 4.42. The largest absolute Gasteiger partial charge is 0.409 e. The Kier molecular flexibility index (Phi) is 9.55. The third kappa shape index (κ3) is 7.84. The normalized spacial score (nSPS) is 17.5. The second-order valence-corrected chi connectivity index (χ2v) is 11.2. The molecule has 2 atom stereocenters. The third-order valence-corrected chi connectivity index (χ3v) is 9.16. The van der Waals surface area contributed by atoms with Crippen molar-refractivity contribution >= 4 is 17.1 Å². The summed E-state index contributed by atoms with van der Waals surface area (Å²) in [6, 6.07) is 0. The van der Waals surface area contributed by atoms with Gasteiger partial charge in [-0.15, -0.1) is 13.2 Å². The zero-order valence-electron chi connectivity index (χ0n) is 13.0. The highest BCUT2D eigenvalue weighted by Crippen LogP contribution is 2.19. The minimum Gasteiger partial charge on any atom is -0.409 e. The molecular weight excluding hydrogens is 272 g/mol. The van der Waals surface area contributed by atoms with Gasteiger partial charge in [-0.25, -0.2) is 0 Å². The van der Waals surface area contributed by atoms with E-state index in [1.54, 1.807) is 0 Å². The Labute approximate surface area is 121 Å². The van der Waals surface area contributed by atoms with Gasteiger partial charge in [-0.3, -0.25) is 0 Å². The highest BCUT2D eigenvalue weighted by molar-refractivity contribution is 6.84. The average molecular weight is 303 g/mol. The molecule has 2 unspecified atom stereocenters. The monoisotopic (exact) mass is 302 g/mol. The second kappa shape index (κ2) is 9.66. The van der Waals surface area contributed by atoms with Crippen LogP contribution in [0.2, 0.25) is 13.1 Å². The fourth-order valence-electron chi connectivity index (χ4n) is 1.59. The molecule has 19 heavy (non-hydrogen) atoms. The van der Waals surface area contributed by atoms with Gasteiger partial charge < -0.3 is 13.0 Å². The van der Waals surface area contributed by atoms with E-state index in [4.69, 9.17) is 13.0 Å². The van der Waals surface area contributed by atoms with Gasteiger partial charge in [0.2, 0.25) is 0 Å². The molecule has 0 spiro atoms. The van der Waals surface area contributed by atoms with Gasteiger partial charge in [-0.2, -0.15) is 0 Å². The molecule has 0 fully saturated rings. The molecule has 5 heteroatoms. The second-order valence-electron chi connectivity index (χ2n) is 4.95. The predicted octanol–water partition coefficient (Wildman–Crippen LogP) is 4.23. The zero-order valence-corrected chi connectivity index (χ0v) is 15.0. The Morgan fingerprint density at radius 3 is 1.79 bits per heavy atom. The van der Waals surface area contributed by atoms with Crippen molar-refractivity contribution in [2.45, 2.75) is 52.6 Å². The van der Waals surface area contributed by atoms with Crippen LogP contribution < -0.4 is 0 Å². The van der Waals surface area contributed by atoms with Gasteiger partial charge in [0.1, 0.15) is 0 Å². The molecule has 112 valence electrons. The molecule has 0 aliphatic heterocycles. The molecule has 0 radical (unpaired) electrons. The fraction of sp³-hybridized carbons (Fsp3) is 0.714. The van der Waals surface area contributed by atoms with E-state index in [1.807, 2.05) is 24.5 Å². The lowest BCUT2D eigenvalue weighted by Gasteiger charge is -2.33. The van der Waals surface area contributed by atoms with E-state index in [-0.39, 0.29) is 0 Å². The van der Waals surface area contributed by atoms with Crippen LogP contribution >= 0.6 is 0 Å². The Bertz CT molecular complexity index is 273. The fourth-order valence-corrected chi connectivity index (χ4v) is 7.35. The van der Waals surface area contributed by atoms with Gasteiger partial charge in [-0.1, -0.05) is 38.1 Å². The Balaban J connectivity index is 4.46. The van der Waals surface area contributed by atoms with E-state index in [2.05, 4.69) is 27.0 Å². The van der Waals surface area contributed by atoms with Crippen LogP contribution in [0.25, 0.3) is 0 Å². The van der Waals surface area contributed by atoms with E-state index in [0.717, 1.165) is 19.4 Å². The summed E-state index contributed by atoms with van der Waals surface area (Å²) >= 11 is 0. The summed E-state index contributed by atoms with van der Waals surface area (Å²) in [5.41, 5.74) is 3.66. The van der Waals surface area contributed by atoms with Crippen molar-refractivity contribution in [3.63, 3.8) is 0 Å². The minimum atomic E-state index is -2.35. The SMILES string of the molecule is C=C[Si](C)(OCCC)O[Si](C)(C=C)OCCCCC.